The Kier molecular flexibility index (Phi) is 2.57. The molecular formula is C13H9BN4OS. The van der Waals surface area contributed by atoms with Gasteiger partial charge < -0.3 is 4.42 Å². The van der Waals surface area contributed by atoms with E-state index in [-0.39, 0.29) is 6.71 Å². The molecule has 0 fully saturated rings. The molecule has 0 radical (unpaired) electrons. The molecule has 5 nitrogen and oxygen atoms in total. The number of rotatable bonds is 2. The molecule has 0 amide bonds. The number of nitrogens with zero attached hydrogens (tertiary/aromatic N) is 4. The highest BCUT2D eigenvalue weighted by atomic mass is 32.2. The zero-order chi connectivity index (χ0) is 13.5. The fourth-order valence-corrected chi connectivity index (χ4v) is 3.28. The molecule has 20 heavy (non-hydrogen) atoms. The third kappa shape index (κ3) is 1.89. The standard InChI is InChI=1S/C13H9BN4OS/c15-8-14-4-10-7-18(17-12(10)5-14)20-11-3-9-1-2-19-13(9)16-6-11/h1-3,6-7H,4-5H2. The molecule has 3 aromatic rings. The highest BCUT2D eigenvalue weighted by Gasteiger charge is 2.28. The van der Waals surface area contributed by atoms with Gasteiger partial charge in [0.15, 0.2) is 0 Å². The number of nitriles is 1. The van der Waals surface area contributed by atoms with E-state index in [4.69, 9.17) is 9.68 Å². The van der Waals surface area contributed by atoms with Crippen molar-refractivity contribution >= 4 is 29.8 Å². The first-order valence-electron chi connectivity index (χ1n) is 6.30. The number of furan rings is 1. The summed E-state index contributed by atoms with van der Waals surface area (Å²) in [6.07, 6.45) is 7.00. The van der Waals surface area contributed by atoms with Crippen LogP contribution in [0, 0.1) is 11.2 Å². The van der Waals surface area contributed by atoms with E-state index in [0.29, 0.717) is 5.71 Å². The summed E-state index contributed by atoms with van der Waals surface area (Å²) < 4.78 is 7.07. The fourth-order valence-electron chi connectivity index (χ4n) is 2.47. The van der Waals surface area contributed by atoms with Crippen LogP contribution in [-0.4, -0.2) is 20.9 Å². The summed E-state index contributed by atoms with van der Waals surface area (Å²) in [6, 6.07) is 3.92. The summed E-state index contributed by atoms with van der Waals surface area (Å²) in [5.41, 5.74) is 2.87. The summed E-state index contributed by atoms with van der Waals surface area (Å²) in [5.74, 6) is 2.31. The molecule has 0 aliphatic carbocycles. The number of aromatic nitrogens is 3. The second-order valence-corrected chi connectivity index (χ2v) is 5.84. The van der Waals surface area contributed by atoms with Crippen molar-refractivity contribution in [2.45, 2.75) is 17.5 Å². The lowest BCUT2D eigenvalue weighted by Crippen LogP contribution is -2.11. The average Bonchev–Trinajstić information content (AvgIpc) is 3.11. The molecule has 0 spiro atoms. The van der Waals surface area contributed by atoms with Crippen LogP contribution in [0.3, 0.4) is 0 Å². The molecule has 4 rings (SSSR count). The number of hydrogen-bond donors (Lipinski definition) is 0. The average molecular weight is 280 g/mol. The maximum Gasteiger partial charge on any atom is 0.278 e. The summed E-state index contributed by atoms with van der Waals surface area (Å²) >= 11 is 1.52. The van der Waals surface area contributed by atoms with Gasteiger partial charge >= 0.3 is 0 Å². The van der Waals surface area contributed by atoms with Crippen LogP contribution in [0.1, 0.15) is 11.3 Å². The largest absolute Gasteiger partial charge is 0.446 e. The minimum atomic E-state index is 0.0936. The first kappa shape index (κ1) is 11.6. The molecule has 4 heterocycles. The van der Waals surface area contributed by atoms with Gasteiger partial charge in [-0.3, -0.25) is 0 Å². The molecule has 0 unspecified atom stereocenters. The Bertz CT molecular complexity index is 811. The molecule has 0 atom stereocenters. The van der Waals surface area contributed by atoms with E-state index in [1.807, 2.05) is 22.4 Å². The number of hydrogen-bond acceptors (Lipinski definition) is 5. The van der Waals surface area contributed by atoms with Crippen molar-refractivity contribution in [2.75, 3.05) is 0 Å². The van der Waals surface area contributed by atoms with Gasteiger partial charge in [0.2, 0.25) is 5.71 Å². The Morgan fingerprint density at radius 1 is 1.45 bits per heavy atom. The highest BCUT2D eigenvalue weighted by molar-refractivity contribution is 7.97. The predicted molar refractivity (Wildman–Crippen MR) is 76.3 cm³/mol. The van der Waals surface area contributed by atoms with Crippen molar-refractivity contribution in [1.29, 1.82) is 5.26 Å². The molecule has 7 heteroatoms. The van der Waals surface area contributed by atoms with E-state index in [1.54, 1.807) is 12.5 Å². The molecule has 0 saturated carbocycles. The van der Waals surface area contributed by atoms with Crippen LogP contribution in [0.4, 0.5) is 0 Å². The van der Waals surface area contributed by atoms with Crippen LogP contribution >= 0.6 is 11.9 Å². The zero-order valence-corrected chi connectivity index (χ0v) is 11.3. The van der Waals surface area contributed by atoms with Gasteiger partial charge in [0.05, 0.1) is 12.0 Å². The zero-order valence-electron chi connectivity index (χ0n) is 10.5. The van der Waals surface area contributed by atoms with E-state index >= 15 is 0 Å². The van der Waals surface area contributed by atoms with Crippen molar-refractivity contribution in [3.63, 3.8) is 0 Å². The van der Waals surface area contributed by atoms with Crippen LogP contribution in [0.5, 0.6) is 0 Å². The minimum Gasteiger partial charge on any atom is -0.446 e. The van der Waals surface area contributed by atoms with E-state index in [1.165, 1.54) is 17.5 Å². The van der Waals surface area contributed by atoms with Gasteiger partial charge in [-0.05, 0) is 30.3 Å². The summed E-state index contributed by atoms with van der Waals surface area (Å²) in [6.45, 7) is 0.0936. The SMILES string of the molecule is N#CB1Cc2cn(Sc3cnc4occc4c3)nc2C1. The predicted octanol–water partition coefficient (Wildman–Crippen LogP) is 2.31. The van der Waals surface area contributed by atoms with Crippen LogP contribution in [0.25, 0.3) is 11.1 Å². The van der Waals surface area contributed by atoms with Gasteiger partial charge in [0, 0.05) is 40.6 Å². The van der Waals surface area contributed by atoms with Crippen LogP contribution in [-0.2, 0) is 12.6 Å². The van der Waals surface area contributed by atoms with Crippen LogP contribution < -0.4 is 0 Å². The van der Waals surface area contributed by atoms with Crippen molar-refractivity contribution in [3.05, 3.63) is 42.0 Å². The fraction of sp³-hybridized carbons (Fsp3) is 0.154. The second-order valence-electron chi connectivity index (χ2n) is 4.82. The maximum atomic E-state index is 8.93. The summed E-state index contributed by atoms with van der Waals surface area (Å²) in [5, 5.41) is 14.4. The molecule has 0 saturated heterocycles. The van der Waals surface area contributed by atoms with Crippen molar-refractivity contribution in [3.8, 4) is 5.97 Å². The van der Waals surface area contributed by atoms with Crippen molar-refractivity contribution < 1.29 is 4.42 Å². The van der Waals surface area contributed by atoms with E-state index in [0.717, 1.165) is 28.6 Å². The Balaban J connectivity index is 1.59. The first-order chi connectivity index (χ1) is 9.81. The minimum absolute atomic E-state index is 0.0936. The number of fused-ring (bicyclic) bond motifs is 2. The lowest BCUT2D eigenvalue weighted by molar-refractivity contribution is 0.602. The van der Waals surface area contributed by atoms with Crippen LogP contribution in [0.15, 0.2) is 40.1 Å². The Hall–Kier alpha value is -2.20. The molecular weight excluding hydrogens is 271 g/mol. The lowest BCUT2D eigenvalue weighted by atomic mass is 9.49. The molecule has 0 bridgehead atoms. The Morgan fingerprint density at radius 3 is 3.25 bits per heavy atom. The molecule has 0 aromatic carbocycles. The van der Waals surface area contributed by atoms with E-state index in [2.05, 4.69) is 16.1 Å². The molecule has 0 N–H and O–H groups in total. The molecule has 96 valence electrons. The summed E-state index contributed by atoms with van der Waals surface area (Å²) in [7, 11) is 0. The quantitative estimate of drug-likeness (QED) is 0.674. The van der Waals surface area contributed by atoms with Gasteiger partial charge in [0.1, 0.15) is 0 Å². The summed E-state index contributed by atoms with van der Waals surface area (Å²) in [4.78, 5) is 5.27. The van der Waals surface area contributed by atoms with E-state index in [9.17, 15) is 0 Å². The van der Waals surface area contributed by atoms with Gasteiger partial charge in [0.25, 0.3) is 6.71 Å². The smallest absolute Gasteiger partial charge is 0.278 e. The maximum absolute atomic E-state index is 8.93. The molecule has 3 aromatic heterocycles. The van der Waals surface area contributed by atoms with Gasteiger partial charge in [-0.2, -0.15) is 5.10 Å². The van der Waals surface area contributed by atoms with Gasteiger partial charge in [-0.25, -0.2) is 14.3 Å². The monoisotopic (exact) mass is 280 g/mol. The first-order valence-corrected chi connectivity index (χ1v) is 7.08. The van der Waals surface area contributed by atoms with Crippen LogP contribution in [0.2, 0.25) is 0 Å². The third-order valence-electron chi connectivity index (χ3n) is 3.42. The van der Waals surface area contributed by atoms with Gasteiger partial charge in [-0.15, -0.1) is 0 Å². The topological polar surface area (TPSA) is 67.6 Å². The second kappa shape index (κ2) is 4.42. The normalized spacial score (nSPS) is 13.7. The Morgan fingerprint density at radius 2 is 2.40 bits per heavy atom. The third-order valence-corrected chi connectivity index (χ3v) is 4.23. The van der Waals surface area contributed by atoms with Gasteiger partial charge in [-0.1, -0.05) is 0 Å². The molecule has 1 aliphatic rings. The van der Waals surface area contributed by atoms with E-state index < -0.39 is 0 Å². The highest BCUT2D eigenvalue weighted by Crippen LogP contribution is 2.27. The number of pyridine rings is 1. The molecule has 1 aliphatic heterocycles. The van der Waals surface area contributed by atoms with Crippen molar-refractivity contribution in [1.82, 2.24) is 14.2 Å². The Labute approximate surface area is 119 Å². The lowest BCUT2D eigenvalue weighted by Gasteiger charge is -2.00. The van der Waals surface area contributed by atoms with Crippen molar-refractivity contribution in [2.24, 2.45) is 0 Å².